The second-order valence-electron chi connectivity index (χ2n) is 5.41. The van der Waals surface area contributed by atoms with Crippen molar-refractivity contribution in [3.8, 4) is 22.8 Å². The Morgan fingerprint density at radius 3 is 2.50 bits per heavy atom. The zero-order chi connectivity index (χ0) is 19.3. The normalized spacial score (nSPS) is 11.5. The molecule has 2 N–H and O–H groups in total. The molecular formula is C17H19N3O6. The van der Waals surface area contributed by atoms with Gasteiger partial charge < -0.3 is 19.9 Å². The fourth-order valence-electron chi connectivity index (χ4n) is 2.20. The Kier molecular flexibility index (Phi) is 5.94. The third-order valence-corrected chi connectivity index (χ3v) is 3.59. The number of methoxy groups -OCH3 is 2. The summed E-state index contributed by atoms with van der Waals surface area (Å²) in [6.07, 6.45) is 0. The van der Waals surface area contributed by atoms with Gasteiger partial charge >= 0.3 is 5.97 Å². The van der Waals surface area contributed by atoms with E-state index in [9.17, 15) is 14.4 Å². The Labute approximate surface area is 149 Å². The highest BCUT2D eigenvalue weighted by atomic mass is 16.5. The van der Waals surface area contributed by atoms with E-state index in [1.165, 1.54) is 33.3 Å². The first-order valence-electron chi connectivity index (χ1n) is 7.68. The van der Waals surface area contributed by atoms with Crippen molar-refractivity contribution < 1.29 is 24.2 Å². The SMILES string of the molecule is COc1ccc(-c2ccc(=O)n(CC(=O)N[C@@H](C)C(=O)O)n2)cc1OC. The van der Waals surface area contributed by atoms with Gasteiger partial charge in [0.25, 0.3) is 5.56 Å². The summed E-state index contributed by atoms with van der Waals surface area (Å²) in [5, 5.41) is 15.3. The second-order valence-corrected chi connectivity index (χ2v) is 5.41. The molecule has 0 aliphatic rings. The number of ether oxygens (including phenoxy) is 2. The quantitative estimate of drug-likeness (QED) is 0.737. The molecule has 2 aromatic rings. The third-order valence-electron chi connectivity index (χ3n) is 3.59. The molecular weight excluding hydrogens is 342 g/mol. The fourth-order valence-corrected chi connectivity index (χ4v) is 2.20. The standard InChI is InChI=1S/C17H19N3O6/c1-10(17(23)24)18-15(21)9-20-16(22)7-5-12(19-20)11-4-6-13(25-2)14(8-11)26-3/h4-8,10H,9H2,1-3H3,(H,18,21)(H,23,24)/t10-/m0/s1. The van der Waals surface area contributed by atoms with Crippen LogP contribution in [-0.4, -0.2) is 47.0 Å². The van der Waals surface area contributed by atoms with E-state index in [1.54, 1.807) is 18.2 Å². The Bertz CT molecular complexity index is 877. The van der Waals surface area contributed by atoms with Crippen molar-refractivity contribution in [1.82, 2.24) is 15.1 Å². The number of amides is 1. The minimum absolute atomic E-state index is 0.391. The Balaban J connectivity index is 2.28. The maximum atomic E-state index is 11.9. The van der Waals surface area contributed by atoms with Gasteiger partial charge in [-0.15, -0.1) is 0 Å². The number of carbonyl (C=O) groups excluding carboxylic acids is 1. The van der Waals surface area contributed by atoms with Gasteiger partial charge in [-0.2, -0.15) is 5.10 Å². The van der Waals surface area contributed by atoms with Crippen molar-refractivity contribution in [2.24, 2.45) is 0 Å². The zero-order valence-electron chi connectivity index (χ0n) is 14.6. The number of carboxylic acids is 1. The molecule has 0 aliphatic heterocycles. The van der Waals surface area contributed by atoms with Crippen LogP contribution in [0, 0.1) is 0 Å². The lowest BCUT2D eigenvalue weighted by Gasteiger charge is -2.12. The van der Waals surface area contributed by atoms with E-state index < -0.39 is 30.0 Å². The fraction of sp³-hybridized carbons (Fsp3) is 0.294. The average Bonchev–Trinajstić information content (AvgIpc) is 2.62. The lowest BCUT2D eigenvalue weighted by Crippen LogP contribution is -2.41. The molecule has 1 aromatic carbocycles. The summed E-state index contributed by atoms with van der Waals surface area (Å²) in [4.78, 5) is 34.6. The predicted molar refractivity (Wildman–Crippen MR) is 92.3 cm³/mol. The number of rotatable bonds is 7. The second kappa shape index (κ2) is 8.15. The first kappa shape index (κ1) is 19.0. The smallest absolute Gasteiger partial charge is 0.325 e. The Hall–Kier alpha value is -3.36. The lowest BCUT2D eigenvalue weighted by molar-refractivity contribution is -0.141. The van der Waals surface area contributed by atoms with Crippen LogP contribution in [0.4, 0.5) is 0 Å². The monoisotopic (exact) mass is 361 g/mol. The van der Waals surface area contributed by atoms with Crippen molar-refractivity contribution in [2.75, 3.05) is 14.2 Å². The van der Waals surface area contributed by atoms with E-state index in [0.29, 0.717) is 22.8 Å². The minimum atomic E-state index is -1.17. The molecule has 0 saturated carbocycles. The van der Waals surface area contributed by atoms with Crippen molar-refractivity contribution in [3.05, 3.63) is 40.7 Å². The summed E-state index contributed by atoms with van der Waals surface area (Å²) in [5.74, 6) is -0.749. The van der Waals surface area contributed by atoms with Gasteiger partial charge in [-0.25, -0.2) is 4.68 Å². The van der Waals surface area contributed by atoms with E-state index in [1.807, 2.05) is 0 Å². The van der Waals surface area contributed by atoms with Crippen LogP contribution in [0.2, 0.25) is 0 Å². The topological polar surface area (TPSA) is 120 Å². The van der Waals surface area contributed by atoms with Crippen LogP contribution >= 0.6 is 0 Å². The number of nitrogens with one attached hydrogen (secondary N) is 1. The van der Waals surface area contributed by atoms with Crippen LogP contribution < -0.4 is 20.3 Å². The van der Waals surface area contributed by atoms with Crippen molar-refractivity contribution in [1.29, 1.82) is 0 Å². The Morgan fingerprint density at radius 1 is 1.19 bits per heavy atom. The summed E-state index contributed by atoms with van der Waals surface area (Å²) in [5.41, 5.74) is 0.632. The highest BCUT2D eigenvalue weighted by molar-refractivity contribution is 5.83. The number of hydrogen-bond donors (Lipinski definition) is 2. The van der Waals surface area contributed by atoms with Crippen LogP contribution in [0.5, 0.6) is 11.5 Å². The van der Waals surface area contributed by atoms with Crippen LogP contribution in [0.1, 0.15) is 6.92 Å². The summed E-state index contributed by atoms with van der Waals surface area (Å²) < 4.78 is 11.4. The average molecular weight is 361 g/mol. The van der Waals surface area contributed by atoms with Gasteiger partial charge in [-0.05, 0) is 31.2 Å². The van der Waals surface area contributed by atoms with E-state index >= 15 is 0 Å². The molecule has 0 bridgehead atoms. The van der Waals surface area contributed by atoms with E-state index in [4.69, 9.17) is 14.6 Å². The van der Waals surface area contributed by atoms with Crippen LogP contribution in [0.15, 0.2) is 35.1 Å². The van der Waals surface area contributed by atoms with Crippen molar-refractivity contribution in [3.63, 3.8) is 0 Å². The van der Waals surface area contributed by atoms with Gasteiger partial charge in [0, 0.05) is 11.6 Å². The molecule has 9 heteroatoms. The lowest BCUT2D eigenvalue weighted by atomic mass is 10.1. The first-order valence-corrected chi connectivity index (χ1v) is 7.68. The van der Waals surface area contributed by atoms with E-state index in [-0.39, 0.29) is 0 Å². The molecule has 26 heavy (non-hydrogen) atoms. The zero-order valence-corrected chi connectivity index (χ0v) is 14.6. The summed E-state index contributed by atoms with van der Waals surface area (Å²) >= 11 is 0. The molecule has 0 spiro atoms. The highest BCUT2D eigenvalue weighted by Crippen LogP contribution is 2.31. The van der Waals surface area contributed by atoms with Crippen molar-refractivity contribution in [2.45, 2.75) is 19.5 Å². The molecule has 1 atom stereocenters. The molecule has 0 aliphatic carbocycles. The predicted octanol–water partition coefficient (Wildman–Crippen LogP) is 0.517. The molecule has 0 saturated heterocycles. The number of carboxylic acid groups (broad SMARTS) is 1. The summed E-state index contributed by atoms with van der Waals surface area (Å²) in [6.45, 7) is 0.939. The molecule has 0 unspecified atom stereocenters. The number of carbonyl (C=O) groups is 2. The number of nitrogens with zero attached hydrogens (tertiary/aromatic N) is 2. The van der Waals surface area contributed by atoms with Gasteiger partial charge in [-0.1, -0.05) is 0 Å². The molecule has 0 radical (unpaired) electrons. The number of aromatic nitrogens is 2. The molecule has 138 valence electrons. The summed E-state index contributed by atoms with van der Waals surface area (Å²) in [6, 6.07) is 6.89. The van der Waals surface area contributed by atoms with Gasteiger partial charge in [0.1, 0.15) is 12.6 Å². The van der Waals surface area contributed by atoms with Gasteiger partial charge in [0.15, 0.2) is 11.5 Å². The van der Waals surface area contributed by atoms with Gasteiger partial charge in [0.2, 0.25) is 5.91 Å². The molecule has 1 heterocycles. The van der Waals surface area contributed by atoms with Gasteiger partial charge in [0.05, 0.1) is 19.9 Å². The largest absolute Gasteiger partial charge is 0.493 e. The molecule has 2 rings (SSSR count). The molecule has 0 fully saturated rings. The molecule has 1 amide bonds. The minimum Gasteiger partial charge on any atom is -0.493 e. The van der Waals surface area contributed by atoms with E-state index in [0.717, 1.165) is 4.68 Å². The van der Waals surface area contributed by atoms with Gasteiger partial charge in [-0.3, -0.25) is 14.4 Å². The maximum absolute atomic E-state index is 11.9. The molecule has 9 nitrogen and oxygen atoms in total. The number of aliphatic carboxylic acids is 1. The maximum Gasteiger partial charge on any atom is 0.325 e. The highest BCUT2D eigenvalue weighted by Gasteiger charge is 2.15. The van der Waals surface area contributed by atoms with Crippen LogP contribution in [-0.2, 0) is 16.1 Å². The summed E-state index contributed by atoms with van der Waals surface area (Å²) in [7, 11) is 3.02. The number of benzene rings is 1. The molecule has 1 aromatic heterocycles. The third kappa shape index (κ3) is 4.38. The Morgan fingerprint density at radius 2 is 1.88 bits per heavy atom. The first-order chi connectivity index (χ1) is 12.3. The van der Waals surface area contributed by atoms with Crippen molar-refractivity contribution >= 4 is 11.9 Å². The number of hydrogen-bond acceptors (Lipinski definition) is 6. The van der Waals surface area contributed by atoms with Crippen LogP contribution in [0.25, 0.3) is 11.3 Å². The van der Waals surface area contributed by atoms with E-state index in [2.05, 4.69) is 10.4 Å². The van der Waals surface area contributed by atoms with Crippen LogP contribution in [0.3, 0.4) is 0 Å².